The summed E-state index contributed by atoms with van der Waals surface area (Å²) in [5.41, 5.74) is 5.87. The Kier molecular flexibility index (Phi) is 5.97. The molecule has 0 aliphatic carbocycles. The summed E-state index contributed by atoms with van der Waals surface area (Å²) >= 11 is 0. The number of rotatable bonds is 6. The summed E-state index contributed by atoms with van der Waals surface area (Å²) in [6, 6.07) is -0.255. The smallest absolute Gasteiger partial charge is 0.152 e. The molecule has 0 heterocycles. The lowest BCUT2D eigenvalue weighted by Gasteiger charge is -2.21. The average molecular weight is 185 g/mol. The van der Waals surface area contributed by atoms with Crippen LogP contribution in [0.2, 0.25) is 0 Å². The van der Waals surface area contributed by atoms with Crippen molar-refractivity contribution >= 4 is 5.78 Å². The molecule has 0 amide bonds. The molecule has 78 valence electrons. The predicted molar refractivity (Wildman–Crippen MR) is 56.5 cm³/mol. The lowest BCUT2D eigenvalue weighted by molar-refractivity contribution is -0.125. The van der Waals surface area contributed by atoms with Gasteiger partial charge in [0.05, 0.1) is 6.04 Å². The SMILES string of the molecule is CCC(CC)C(=O)C(N)C(C)CC. The van der Waals surface area contributed by atoms with Crippen molar-refractivity contribution in [3.05, 3.63) is 0 Å². The second-order valence-electron chi connectivity index (χ2n) is 3.83. The number of Topliss-reactive ketones (excluding diaryl/α,β-unsaturated/α-hetero) is 1. The van der Waals surface area contributed by atoms with Gasteiger partial charge in [-0.15, -0.1) is 0 Å². The van der Waals surface area contributed by atoms with E-state index in [9.17, 15) is 4.79 Å². The van der Waals surface area contributed by atoms with E-state index in [4.69, 9.17) is 5.73 Å². The molecule has 2 unspecified atom stereocenters. The van der Waals surface area contributed by atoms with E-state index in [1.54, 1.807) is 0 Å². The summed E-state index contributed by atoms with van der Waals surface area (Å²) in [6.45, 7) is 8.22. The molecule has 0 radical (unpaired) electrons. The van der Waals surface area contributed by atoms with E-state index in [2.05, 4.69) is 20.8 Å². The zero-order chi connectivity index (χ0) is 10.4. The summed E-state index contributed by atoms with van der Waals surface area (Å²) in [6.07, 6.45) is 2.81. The van der Waals surface area contributed by atoms with Gasteiger partial charge in [0.2, 0.25) is 0 Å². The van der Waals surface area contributed by atoms with Gasteiger partial charge >= 0.3 is 0 Å². The Morgan fingerprint density at radius 1 is 1.15 bits per heavy atom. The van der Waals surface area contributed by atoms with Gasteiger partial charge in [-0.2, -0.15) is 0 Å². The molecule has 0 aromatic carbocycles. The summed E-state index contributed by atoms with van der Waals surface area (Å²) in [4.78, 5) is 11.8. The van der Waals surface area contributed by atoms with Gasteiger partial charge in [0.15, 0.2) is 5.78 Å². The number of ketones is 1. The van der Waals surface area contributed by atoms with Crippen LogP contribution in [0.5, 0.6) is 0 Å². The molecule has 0 spiro atoms. The minimum absolute atomic E-state index is 0.170. The molecular weight excluding hydrogens is 162 g/mol. The fourth-order valence-corrected chi connectivity index (χ4v) is 1.50. The normalized spacial score (nSPS) is 15.8. The number of hydrogen-bond donors (Lipinski definition) is 1. The second kappa shape index (κ2) is 6.14. The predicted octanol–water partition coefficient (Wildman–Crippen LogP) is 2.37. The molecule has 0 aliphatic rings. The van der Waals surface area contributed by atoms with E-state index in [0.717, 1.165) is 19.3 Å². The zero-order valence-electron chi connectivity index (χ0n) is 9.34. The quantitative estimate of drug-likeness (QED) is 0.690. The van der Waals surface area contributed by atoms with Gasteiger partial charge in [0.25, 0.3) is 0 Å². The highest BCUT2D eigenvalue weighted by molar-refractivity contribution is 5.86. The van der Waals surface area contributed by atoms with Crippen molar-refractivity contribution < 1.29 is 4.79 Å². The summed E-state index contributed by atoms with van der Waals surface area (Å²) in [5, 5.41) is 0. The van der Waals surface area contributed by atoms with Crippen LogP contribution in [-0.4, -0.2) is 11.8 Å². The highest BCUT2D eigenvalue weighted by Crippen LogP contribution is 2.15. The maximum absolute atomic E-state index is 11.8. The Morgan fingerprint density at radius 3 is 1.92 bits per heavy atom. The largest absolute Gasteiger partial charge is 0.321 e. The van der Waals surface area contributed by atoms with Gasteiger partial charge in [-0.3, -0.25) is 4.79 Å². The van der Waals surface area contributed by atoms with Crippen molar-refractivity contribution in [3.63, 3.8) is 0 Å². The second-order valence-corrected chi connectivity index (χ2v) is 3.83. The number of nitrogens with two attached hydrogens (primary N) is 1. The Hall–Kier alpha value is -0.370. The maximum Gasteiger partial charge on any atom is 0.152 e. The molecule has 13 heavy (non-hydrogen) atoms. The van der Waals surface area contributed by atoms with E-state index in [-0.39, 0.29) is 17.7 Å². The molecule has 0 aromatic heterocycles. The first kappa shape index (κ1) is 12.6. The van der Waals surface area contributed by atoms with Gasteiger partial charge in [-0.05, 0) is 18.8 Å². The van der Waals surface area contributed by atoms with E-state index in [1.807, 2.05) is 6.92 Å². The zero-order valence-corrected chi connectivity index (χ0v) is 9.34. The van der Waals surface area contributed by atoms with Crippen molar-refractivity contribution in [1.29, 1.82) is 0 Å². The maximum atomic E-state index is 11.8. The first-order chi connectivity index (χ1) is 6.08. The minimum atomic E-state index is -0.255. The van der Waals surface area contributed by atoms with Crippen molar-refractivity contribution in [1.82, 2.24) is 0 Å². The van der Waals surface area contributed by atoms with E-state index in [0.29, 0.717) is 5.92 Å². The lowest BCUT2D eigenvalue weighted by Crippen LogP contribution is -2.40. The molecule has 0 aromatic rings. The van der Waals surface area contributed by atoms with Crippen LogP contribution in [0.25, 0.3) is 0 Å². The number of carbonyl (C=O) groups excluding carboxylic acids is 1. The first-order valence-electron chi connectivity index (χ1n) is 5.37. The topological polar surface area (TPSA) is 43.1 Å². The third-order valence-electron chi connectivity index (χ3n) is 2.97. The van der Waals surface area contributed by atoms with Crippen LogP contribution in [0.1, 0.15) is 47.0 Å². The fourth-order valence-electron chi connectivity index (χ4n) is 1.50. The molecule has 2 nitrogen and oxygen atoms in total. The van der Waals surface area contributed by atoms with Crippen molar-refractivity contribution in [2.45, 2.75) is 53.0 Å². The Morgan fingerprint density at radius 2 is 1.62 bits per heavy atom. The van der Waals surface area contributed by atoms with Gasteiger partial charge in [-0.1, -0.05) is 34.1 Å². The lowest BCUT2D eigenvalue weighted by atomic mass is 9.87. The van der Waals surface area contributed by atoms with Gasteiger partial charge in [-0.25, -0.2) is 0 Å². The minimum Gasteiger partial charge on any atom is -0.321 e. The number of carbonyl (C=O) groups is 1. The number of hydrogen-bond acceptors (Lipinski definition) is 2. The van der Waals surface area contributed by atoms with Gasteiger partial charge in [0.1, 0.15) is 0 Å². The monoisotopic (exact) mass is 185 g/mol. The molecule has 2 atom stereocenters. The molecular formula is C11H23NO. The summed E-state index contributed by atoms with van der Waals surface area (Å²) in [5.74, 6) is 0.733. The van der Waals surface area contributed by atoms with Crippen LogP contribution in [0, 0.1) is 11.8 Å². The van der Waals surface area contributed by atoms with Crippen LogP contribution < -0.4 is 5.73 Å². The van der Waals surface area contributed by atoms with Crippen LogP contribution in [-0.2, 0) is 4.79 Å². The van der Waals surface area contributed by atoms with E-state index in [1.165, 1.54) is 0 Å². The van der Waals surface area contributed by atoms with Crippen LogP contribution >= 0.6 is 0 Å². The highest BCUT2D eigenvalue weighted by atomic mass is 16.1. The average Bonchev–Trinajstić information content (AvgIpc) is 2.17. The fraction of sp³-hybridized carbons (Fsp3) is 0.909. The Bertz CT molecular complexity index is 152. The molecule has 0 saturated carbocycles. The molecule has 0 saturated heterocycles. The molecule has 0 bridgehead atoms. The molecule has 2 N–H and O–H groups in total. The van der Waals surface area contributed by atoms with Crippen LogP contribution in [0.4, 0.5) is 0 Å². The summed E-state index contributed by atoms with van der Waals surface area (Å²) < 4.78 is 0. The van der Waals surface area contributed by atoms with Crippen LogP contribution in [0.15, 0.2) is 0 Å². The molecule has 2 heteroatoms. The van der Waals surface area contributed by atoms with Crippen molar-refractivity contribution in [3.8, 4) is 0 Å². The van der Waals surface area contributed by atoms with Crippen molar-refractivity contribution in [2.75, 3.05) is 0 Å². The first-order valence-corrected chi connectivity index (χ1v) is 5.37. The van der Waals surface area contributed by atoms with Gasteiger partial charge in [0, 0.05) is 5.92 Å². The van der Waals surface area contributed by atoms with Crippen LogP contribution in [0.3, 0.4) is 0 Å². The van der Waals surface area contributed by atoms with Gasteiger partial charge < -0.3 is 5.73 Å². The summed E-state index contributed by atoms with van der Waals surface area (Å²) in [7, 11) is 0. The van der Waals surface area contributed by atoms with E-state index >= 15 is 0 Å². The molecule has 0 aliphatic heterocycles. The van der Waals surface area contributed by atoms with Crippen molar-refractivity contribution in [2.24, 2.45) is 17.6 Å². The Balaban J connectivity index is 4.22. The standard InChI is InChI=1S/C11H23NO/c1-5-8(4)10(12)11(13)9(6-2)7-3/h8-10H,5-7,12H2,1-4H3. The highest BCUT2D eigenvalue weighted by Gasteiger charge is 2.24. The Labute approximate surface area is 81.9 Å². The molecule has 0 fully saturated rings. The third-order valence-corrected chi connectivity index (χ3v) is 2.97. The molecule has 0 rings (SSSR count). The third kappa shape index (κ3) is 3.47. The van der Waals surface area contributed by atoms with E-state index < -0.39 is 0 Å².